The molecule has 132 valence electrons. The number of carbonyl (C=O) groups is 2. The first-order valence-corrected chi connectivity index (χ1v) is 8.41. The number of amides is 2. The number of ether oxygens (including phenoxy) is 1. The molecule has 0 unspecified atom stereocenters. The predicted octanol–water partition coefficient (Wildman–Crippen LogP) is 1.19. The van der Waals surface area contributed by atoms with Crippen LogP contribution in [-0.2, 0) is 29.2 Å². The van der Waals surface area contributed by atoms with Crippen molar-refractivity contribution in [2.24, 2.45) is 0 Å². The van der Waals surface area contributed by atoms with Crippen LogP contribution in [0.2, 0.25) is 0 Å². The molecule has 25 heavy (non-hydrogen) atoms. The summed E-state index contributed by atoms with van der Waals surface area (Å²) in [4.78, 5) is 30.4. The van der Waals surface area contributed by atoms with Crippen molar-refractivity contribution < 1.29 is 14.3 Å². The van der Waals surface area contributed by atoms with Gasteiger partial charge in [-0.05, 0) is 12.5 Å². The van der Waals surface area contributed by atoms with Gasteiger partial charge in [-0.2, -0.15) is 0 Å². The average Bonchev–Trinajstić information content (AvgIpc) is 3.05. The van der Waals surface area contributed by atoms with Crippen LogP contribution in [-0.4, -0.2) is 46.0 Å². The maximum absolute atomic E-state index is 12.6. The molecule has 2 aromatic rings. The summed E-state index contributed by atoms with van der Waals surface area (Å²) in [5.74, 6) is 0.156. The minimum Gasteiger partial charge on any atom is -0.372 e. The summed E-state index contributed by atoms with van der Waals surface area (Å²) in [7, 11) is 0. The quantitative estimate of drug-likeness (QED) is 0.820. The Kier molecular flexibility index (Phi) is 5.45. The lowest BCUT2D eigenvalue weighted by molar-refractivity contribution is -0.125. The van der Waals surface area contributed by atoms with Crippen molar-refractivity contribution in [1.29, 1.82) is 0 Å². The second kappa shape index (κ2) is 7.94. The van der Waals surface area contributed by atoms with Crippen LogP contribution >= 0.6 is 0 Å². The highest BCUT2D eigenvalue weighted by Crippen LogP contribution is 2.15. The third kappa shape index (κ3) is 4.24. The van der Waals surface area contributed by atoms with E-state index in [9.17, 15) is 9.59 Å². The molecule has 0 bridgehead atoms. The van der Waals surface area contributed by atoms with Crippen LogP contribution in [0.3, 0.4) is 0 Å². The second-order valence-electron chi connectivity index (χ2n) is 5.88. The SMILES string of the molecule is CCOCC(=O)NCc1cn2c(n1)C(=O)N(Cc1ccccc1)CC2. The minimum absolute atomic E-state index is 0.0356. The summed E-state index contributed by atoms with van der Waals surface area (Å²) in [6.07, 6.45) is 1.83. The minimum atomic E-state index is -0.190. The van der Waals surface area contributed by atoms with Gasteiger partial charge in [-0.1, -0.05) is 30.3 Å². The van der Waals surface area contributed by atoms with E-state index < -0.39 is 0 Å². The van der Waals surface area contributed by atoms with Gasteiger partial charge in [0.25, 0.3) is 5.91 Å². The van der Waals surface area contributed by atoms with Crippen molar-refractivity contribution in [3.8, 4) is 0 Å². The Morgan fingerprint density at radius 3 is 2.84 bits per heavy atom. The Hall–Kier alpha value is -2.67. The van der Waals surface area contributed by atoms with Crippen LogP contribution in [0.5, 0.6) is 0 Å². The molecule has 1 N–H and O–H groups in total. The van der Waals surface area contributed by atoms with Crippen LogP contribution in [0.4, 0.5) is 0 Å². The molecule has 0 saturated heterocycles. The number of rotatable bonds is 7. The number of fused-ring (bicyclic) bond motifs is 1. The number of imidazole rings is 1. The number of benzene rings is 1. The van der Waals surface area contributed by atoms with E-state index >= 15 is 0 Å². The Morgan fingerprint density at radius 2 is 2.08 bits per heavy atom. The fourth-order valence-electron chi connectivity index (χ4n) is 2.76. The molecular weight excluding hydrogens is 320 g/mol. The first kappa shape index (κ1) is 17.2. The number of aromatic nitrogens is 2. The molecule has 1 aromatic carbocycles. The molecule has 3 rings (SSSR count). The zero-order valence-corrected chi connectivity index (χ0v) is 14.3. The maximum atomic E-state index is 12.6. The zero-order valence-electron chi connectivity index (χ0n) is 14.3. The van der Waals surface area contributed by atoms with Gasteiger partial charge in [-0.3, -0.25) is 9.59 Å². The van der Waals surface area contributed by atoms with Crippen molar-refractivity contribution in [1.82, 2.24) is 19.8 Å². The first-order chi connectivity index (χ1) is 12.2. The van der Waals surface area contributed by atoms with Crippen molar-refractivity contribution in [3.63, 3.8) is 0 Å². The Labute approximate surface area is 146 Å². The van der Waals surface area contributed by atoms with E-state index in [1.54, 1.807) is 4.90 Å². The Bertz CT molecular complexity index is 742. The van der Waals surface area contributed by atoms with Crippen LogP contribution < -0.4 is 5.32 Å². The number of nitrogens with one attached hydrogen (secondary N) is 1. The molecule has 2 amide bonds. The largest absolute Gasteiger partial charge is 0.372 e. The molecule has 2 heterocycles. The molecule has 0 aliphatic carbocycles. The van der Waals surface area contributed by atoms with Gasteiger partial charge in [0.2, 0.25) is 5.91 Å². The van der Waals surface area contributed by atoms with E-state index in [1.807, 2.05) is 48.0 Å². The zero-order chi connectivity index (χ0) is 17.6. The Morgan fingerprint density at radius 1 is 1.28 bits per heavy atom. The molecule has 1 aliphatic heterocycles. The molecule has 0 fully saturated rings. The summed E-state index contributed by atoms with van der Waals surface area (Å²) < 4.78 is 6.91. The second-order valence-corrected chi connectivity index (χ2v) is 5.88. The van der Waals surface area contributed by atoms with E-state index in [-0.39, 0.29) is 25.0 Å². The van der Waals surface area contributed by atoms with Crippen LogP contribution in [0.15, 0.2) is 36.5 Å². The number of nitrogens with zero attached hydrogens (tertiary/aromatic N) is 3. The third-order valence-electron chi connectivity index (χ3n) is 4.04. The summed E-state index contributed by atoms with van der Waals surface area (Å²) in [5, 5.41) is 2.74. The molecule has 0 saturated carbocycles. The fraction of sp³-hybridized carbons (Fsp3) is 0.389. The van der Waals surface area contributed by atoms with E-state index in [2.05, 4.69) is 10.3 Å². The van der Waals surface area contributed by atoms with Gasteiger partial charge >= 0.3 is 0 Å². The van der Waals surface area contributed by atoms with E-state index in [4.69, 9.17) is 4.74 Å². The third-order valence-corrected chi connectivity index (χ3v) is 4.04. The van der Waals surface area contributed by atoms with E-state index in [1.165, 1.54) is 0 Å². The van der Waals surface area contributed by atoms with Gasteiger partial charge in [0.05, 0.1) is 12.2 Å². The van der Waals surface area contributed by atoms with Crippen molar-refractivity contribution in [3.05, 3.63) is 53.6 Å². The van der Waals surface area contributed by atoms with Crippen LogP contribution in [0, 0.1) is 0 Å². The summed E-state index contributed by atoms with van der Waals surface area (Å²) in [5.41, 5.74) is 1.77. The Balaban J connectivity index is 1.62. The van der Waals surface area contributed by atoms with Gasteiger partial charge in [0, 0.05) is 32.4 Å². The van der Waals surface area contributed by atoms with Crippen LogP contribution in [0.25, 0.3) is 0 Å². The monoisotopic (exact) mass is 342 g/mol. The van der Waals surface area contributed by atoms with Crippen molar-refractivity contribution >= 4 is 11.8 Å². The summed E-state index contributed by atoms with van der Waals surface area (Å²) >= 11 is 0. The van der Waals surface area contributed by atoms with E-state index in [0.717, 1.165) is 5.56 Å². The van der Waals surface area contributed by atoms with Gasteiger partial charge in [-0.25, -0.2) is 4.98 Å². The van der Waals surface area contributed by atoms with Crippen molar-refractivity contribution in [2.45, 2.75) is 26.6 Å². The molecule has 1 aromatic heterocycles. The smallest absolute Gasteiger partial charge is 0.290 e. The molecular formula is C18H22N4O3. The summed E-state index contributed by atoms with van der Waals surface area (Å²) in [6.45, 7) is 4.58. The molecule has 7 nitrogen and oxygen atoms in total. The van der Waals surface area contributed by atoms with Gasteiger partial charge in [-0.15, -0.1) is 0 Å². The lowest BCUT2D eigenvalue weighted by Gasteiger charge is -2.27. The van der Waals surface area contributed by atoms with E-state index in [0.29, 0.717) is 37.8 Å². The number of carbonyl (C=O) groups excluding carboxylic acids is 2. The van der Waals surface area contributed by atoms with Gasteiger partial charge < -0.3 is 19.5 Å². The first-order valence-electron chi connectivity index (χ1n) is 8.41. The lowest BCUT2D eigenvalue weighted by atomic mass is 10.2. The normalized spacial score (nSPS) is 13.6. The summed E-state index contributed by atoms with van der Waals surface area (Å²) in [6, 6.07) is 9.91. The molecule has 0 spiro atoms. The number of hydrogen-bond acceptors (Lipinski definition) is 4. The maximum Gasteiger partial charge on any atom is 0.290 e. The molecule has 0 atom stereocenters. The van der Waals surface area contributed by atoms with Crippen LogP contribution in [0.1, 0.15) is 28.8 Å². The highest BCUT2D eigenvalue weighted by atomic mass is 16.5. The van der Waals surface area contributed by atoms with Gasteiger partial charge in [0.1, 0.15) is 6.61 Å². The van der Waals surface area contributed by atoms with Crippen molar-refractivity contribution in [2.75, 3.05) is 19.8 Å². The molecule has 1 aliphatic rings. The lowest BCUT2D eigenvalue weighted by Crippen LogP contribution is -2.39. The highest BCUT2D eigenvalue weighted by Gasteiger charge is 2.26. The van der Waals surface area contributed by atoms with Gasteiger partial charge in [0.15, 0.2) is 5.82 Å². The topological polar surface area (TPSA) is 76.5 Å². The molecule has 7 heteroatoms. The highest BCUT2D eigenvalue weighted by molar-refractivity contribution is 5.91. The molecule has 0 radical (unpaired) electrons. The predicted molar refractivity (Wildman–Crippen MR) is 91.7 cm³/mol. The number of hydrogen-bond donors (Lipinski definition) is 1. The average molecular weight is 342 g/mol. The standard InChI is InChI=1S/C18H22N4O3/c1-2-25-13-16(23)19-10-15-12-21-8-9-22(18(24)17(21)20-15)11-14-6-4-3-5-7-14/h3-7,12H,2,8-11,13H2,1H3,(H,19,23). The fourth-order valence-corrected chi connectivity index (χ4v) is 2.76.